The molecule has 0 amide bonds. The Labute approximate surface area is 139 Å². The van der Waals surface area contributed by atoms with Gasteiger partial charge in [0.1, 0.15) is 0 Å². The van der Waals surface area contributed by atoms with Crippen molar-refractivity contribution in [2.45, 2.75) is 40.0 Å². The minimum atomic E-state index is 0.591. The molecule has 0 fully saturated rings. The van der Waals surface area contributed by atoms with Crippen molar-refractivity contribution in [1.29, 1.82) is 0 Å². The maximum absolute atomic E-state index is 2.47. The highest BCUT2D eigenvalue weighted by molar-refractivity contribution is 5.71. The Hall–Kier alpha value is -2.08. The summed E-state index contributed by atoms with van der Waals surface area (Å²) in [6.45, 7) is 6.79. The number of aryl methyl sites for hydroxylation is 2. The number of hydrogen-bond donors (Lipinski definition) is 0. The maximum atomic E-state index is 2.47. The molecule has 0 saturated heterocycles. The lowest BCUT2D eigenvalue weighted by molar-refractivity contribution is 0.667. The minimum absolute atomic E-state index is 0.591. The second kappa shape index (κ2) is 5.53. The highest BCUT2D eigenvalue weighted by Gasteiger charge is 2.26. The van der Waals surface area contributed by atoms with Crippen LogP contribution in [0.4, 0.5) is 0 Å². The van der Waals surface area contributed by atoms with Crippen LogP contribution < -0.4 is 0 Å². The third kappa shape index (κ3) is 2.37. The second-order valence-electron chi connectivity index (χ2n) is 7.05. The molecular weight excluding hydrogens is 276 g/mol. The van der Waals surface area contributed by atoms with E-state index >= 15 is 0 Å². The summed E-state index contributed by atoms with van der Waals surface area (Å²) in [5, 5.41) is 0. The molecule has 2 aromatic rings. The lowest BCUT2D eigenvalue weighted by Crippen LogP contribution is -2.07. The first-order chi connectivity index (χ1) is 11.2. The van der Waals surface area contributed by atoms with E-state index in [0.717, 1.165) is 12.8 Å². The first kappa shape index (κ1) is 14.5. The van der Waals surface area contributed by atoms with Gasteiger partial charge in [-0.15, -0.1) is 0 Å². The first-order valence-corrected chi connectivity index (χ1v) is 8.75. The van der Waals surface area contributed by atoms with Crippen molar-refractivity contribution in [2.24, 2.45) is 5.92 Å². The third-order valence-corrected chi connectivity index (χ3v) is 5.58. The Kier molecular flexibility index (Phi) is 3.49. The van der Waals surface area contributed by atoms with Crippen LogP contribution in [0.15, 0.2) is 47.5 Å². The van der Waals surface area contributed by atoms with Crippen LogP contribution in [0.2, 0.25) is 0 Å². The van der Waals surface area contributed by atoms with Gasteiger partial charge in [-0.25, -0.2) is 0 Å². The summed E-state index contributed by atoms with van der Waals surface area (Å²) in [7, 11) is 0. The van der Waals surface area contributed by atoms with E-state index in [2.05, 4.69) is 69.3 Å². The van der Waals surface area contributed by atoms with Crippen molar-refractivity contribution < 1.29 is 0 Å². The standard InChI is InChI=1S/C23H24/c1-4-21(19-11-17-9-5-7-15(2)22(17)13-19)20-12-18-10-6-8-16(3)23(18)14-20/h5-10,13-14,21H,4,11-12H2,1-3H3. The molecule has 0 saturated carbocycles. The number of rotatable bonds is 3. The van der Waals surface area contributed by atoms with Crippen molar-refractivity contribution in [2.75, 3.05) is 0 Å². The van der Waals surface area contributed by atoms with Gasteiger partial charge in [0, 0.05) is 5.92 Å². The van der Waals surface area contributed by atoms with Gasteiger partial charge in [0.25, 0.3) is 0 Å². The molecule has 2 aromatic carbocycles. The molecule has 116 valence electrons. The van der Waals surface area contributed by atoms with E-state index in [-0.39, 0.29) is 0 Å². The van der Waals surface area contributed by atoms with Crippen LogP contribution in [0.1, 0.15) is 46.7 Å². The van der Waals surface area contributed by atoms with E-state index in [0.29, 0.717) is 5.92 Å². The van der Waals surface area contributed by atoms with E-state index in [1.165, 1.54) is 39.8 Å². The molecule has 2 aliphatic carbocycles. The molecule has 0 heteroatoms. The zero-order chi connectivity index (χ0) is 16.0. The van der Waals surface area contributed by atoms with Crippen molar-refractivity contribution in [1.82, 2.24) is 0 Å². The van der Waals surface area contributed by atoms with Crippen LogP contribution in [0.5, 0.6) is 0 Å². The molecule has 0 nitrogen and oxygen atoms in total. The fourth-order valence-electron chi connectivity index (χ4n) is 4.33. The Balaban J connectivity index is 1.68. The van der Waals surface area contributed by atoms with Crippen LogP contribution in [0.25, 0.3) is 12.2 Å². The Bertz CT molecular complexity index is 764. The molecule has 0 atom stereocenters. The van der Waals surface area contributed by atoms with E-state index < -0.39 is 0 Å². The van der Waals surface area contributed by atoms with E-state index in [1.54, 1.807) is 11.1 Å². The summed E-state index contributed by atoms with van der Waals surface area (Å²) in [5.74, 6) is 0.591. The molecular formula is C23H24. The monoisotopic (exact) mass is 300 g/mol. The second-order valence-corrected chi connectivity index (χ2v) is 7.05. The molecule has 0 unspecified atom stereocenters. The number of hydrogen-bond acceptors (Lipinski definition) is 0. The average Bonchev–Trinajstić information content (AvgIpc) is 3.14. The lowest BCUT2D eigenvalue weighted by atomic mass is 9.86. The van der Waals surface area contributed by atoms with Gasteiger partial charge in [-0.3, -0.25) is 0 Å². The predicted molar refractivity (Wildman–Crippen MR) is 99.5 cm³/mol. The normalized spacial score (nSPS) is 15.5. The smallest absolute Gasteiger partial charge is 0.00177 e. The Morgan fingerprint density at radius 3 is 1.65 bits per heavy atom. The molecule has 0 aromatic heterocycles. The Morgan fingerprint density at radius 1 is 0.783 bits per heavy atom. The van der Waals surface area contributed by atoms with Gasteiger partial charge in [0.15, 0.2) is 0 Å². The van der Waals surface area contributed by atoms with Crippen LogP contribution in [-0.2, 0) is 12.8 Å². The summed E-state index contributed by atoms with van der Waals surface area (Å²) in [5.41, 5.74) is 12.0. The van der Waals surface area contributed by atoms with Crippen molar-refractivity contribution in [3.05, 3.63) is 80.9 Å². The average molecular weight is 300 g/mol. The Morgan fingerprint density at radius 2 is 1.26 bits per heavy atom. The molecule has 0 heterocycles. The van der Waals surface area contributed by atoms with Crippen LogP contribution >= 0.6 is 0 Å². The number of allylic oxidation sites excluding steroid dienone is 2. The van der Waals surface area contributed by atoms with Gasteiger partial charge in [-0.1, -0.05) is 66.6 Å². The summed E-state index contributed by atoms with van der Waals surface area (Å²) in [6.07, 6.45) is 8.38. The molecule has 0 radical (unpaired) electrons. The summed E-state index contributed by atoms with van der Waals surface area (Å²) in [6, 6.07) is 13.4. The molecule has 2 aliphatic rings. The fraction of sp³-hybridized carbons (Fsp3) is 0.304. The van der Waals surface area contributed by atoms with Gasteiger partial charge >= 0.3 is 0 Å². The van der Waals surface area contributed by atoms with E-state index in [1.807, 2.05) is 0 Å². The highest BCUT2D eigenvalue weighted by Crippen LogP contribution is 2.40. The zero-order valence-corrected chi connectivity index (χ0v) is 14.3. The van der Waals surface area contributed by atoms with Crippen LogP contribution in [-0.4, -0.2) is 0 Å². The number of benzene rings is 2. The third-order valence-electron chi connectivity index (χ3n) is 5.58. The molecule has 0 N–H and O–H groups in total. The summed E-state index contributed by atoms with van der Waals surface area (Å²) in [4.78, 5) is 0. The van der Waals surface area contributed by atoms with Gasteiger partial charge in [0.2, 0.25) is 0 Å². The highest BCUT2D eigenvalue weighted by atomic mass is 14.3. The van der Waals surface area contributed by atoms with Gasteiger partial charge in [0.05, 0.1) is 0 Å². The first-order valence-electron chi connectivity index (χ1n) is 8.75. The van der Waals surface area contributed by atoms with Crippen molar-refractivity contribution in [3.8, 4) is 0 Å². The molecule has 0 aliphatic heterocycles. The topological polar surface area (TPSA) is 0 Å². The SMILES string of the molecule is CCC(C1=Cc2c(C)cccc2C1)C1=Cc2c(C)cccc2C1. The molecule has 0 bridgehead atoms. The van der Waals surface area contributed by atoms with Crippen LogP contribution in [0.3, 0.4) is 0 Å². The van der Waals surface area contributed by atoms with Crippen molar-refractivity contribution in [3.63, 3.8) is 0 Å². The van der Waals surface area contributed by atoms with Crippen molar-refractivity contribution >= 4 is 12.2 Å². The largest absolute Gasteiger partial charge is 0.0645 e. The van der Waals surface area contributed by atoms with Gasteiger partial charge < -0.3 is 0 Å². The summed E-state index contributed by atoms with van der Waals surface area (Å²) < 4.78 is 0. The zero-order valence-electron chi connectivity index (χ0n) is 14.3. The molecule has 4 rings (SSSR count). The molecule has 23 heavy (non-hydrogen) atoms. The maximum Gasteiger partial charge on any atom is 0.00177 e. The van der Waals surface area contributed by atoms with Gasteiger partial charge in [-0.2, -0.15) is 0 Å². The minimum Gasteiger partial charge on any atom is -0.0645 e. The van der Waals surface area contributed by atoms with E-state index in [4.69, 9.17) is 0 Å². The van der Waals surface area contributed by atoms with Gasteiger partial charge in [-0.05, 0) is 66.5 Å². The fourth-order valence-corrected chi connectivity index (χ4v) is 4.33. The summed E-state index contributed by atoms with van der Waals surface area (Å²) >= 11 is 0. The predicted octanol–water partition coefficient (Wildman–Crippen LogP) is 5.91. The molecule has 0 spiro atoms. The van der Waals surface area contributed by atoms with E-state index in [9.17, 15) is 0 Å². The lowest BCUT2D eigenvalue weighted by Gasteiger charge is -2.18. The van der Waals surface area contributed by atoms with Crippen LogP contribution in [0, 0.1) is 19.8 Å². The number of fused-ring (bicyclic) bond motifs is 2. The quantitative estimate of drug-likeness (QED) is 0.661.